The molecule has 2 aliphatic rings. The Hall–Kier alpha value is -2.78. The van der Waals surface area contributed by atoms with Gasteiger partial charge >= 0.3 is 0 Å². The molecule has 1 fully saturated rings. The van der Waals surface area contributed by atoms with Gasteiger partial charge < -0.3 is 19.5 Å². The number of para-hydroxylation sites is 2. The van der Waals surface area contributed by atoms with E-state index in [1.807, 2.05) is 24.3 Å². The van der Waals surface area contributed by atoms with Crippen molar-refractivity contribution < 1.29 is 27.4 Å². The number of rotatable bonds is 6. The average molecular weight is 461 g/mol. The van der Waals surface area contributed by atoms with Crippen LogP contribution in [0.25, 0.3) is 0 Å². The van der Waals surface area contributed by atoms with E-state index in [0.29, 0.717) is 42.9 Å². The van der Waals surface area contributed by atoms with Gasteiger partial charge in [0.05, 0.1) is 24.1 Å². The zero-order chi connectivity index (χ0) is 22.7. The Morgan fingerprint density at radius 3 is 2.59 bits per heavy atom. The summed E-state index contributed by atoms with van der Waals surface area (Å²) in [4.78, 5) is 13.0. The molecule has 0 bridgehead atoms. The van der Waals surface area contributed by atoms with Gasteiger partial charge in [0.1, 0.15) is 18.5 Å². The quantitative estimate of drug-likeness (QED) is 0.712. The van der Waals surface area contributed by atoms with Gasteiger partial charge in [-0.2, -0.15) is 4.31 Å². The fourth-order valence-electron chi connectivity index (χ4n) is 3.86. The second-order valence-corrected chi connectivity index (χ2v) is 10.1. The largest absolute Gasteiger partial charge is 0.496 e. The van der Waals surface area contributed by atoms with Crippen molar-refractivity contribution in [1.82, 2.24) is 9.62 Å². The van der Waals surface area contributed by atoms with Crippen molar-refractivity contribution in [3.63, 3.8) is 0 Å². The van der Waals surface area contributed by atoms with E-state index in [2.05, 4.69) is 12.2 Å². The number of benzene rings is 2. The monoisotopic (exact) mass is 460 g/mol. The molecule has 0 radical (unpaired) electrons. The molecule has 0 aliphatic carbocycles. The number of fused-ring (bicyclic) bond motifs is 1. The minimum Gasteiger partial charge on any atom is -0.496 e. The molecule has 0 aromatic heterocycles. The van der Waals surface area contributed by atoms with Crippen LogP contribution in [0.3, 0.4) is 0 Å². The van der Waals surface area contributed by atoms with Gasteiger partial charge in [0.15, 0.2) is 11.5 Å². The number of hydrogen-bond acceptors (Lipinski definition) is 6. The lowest BCUT2D eigenvalue weighted by atomic mass is 10.0. The summed E-state index contributed by atoms with van der Waals surface area (Å²) in [5, 5.41) is 2.81. The van der Waals surface area contributed by atoms with Crippen LogP contribution in [0.5, 0.6) is 17.2 Å². The highest BCUT2D eigenvalue weighted by Crippen LogP contribution is 2.31. The molecule has 1 amide bonds. The fraction of sp³-hybridized carbons (Fsp3) is 0.435. The van der Waals surface area contributed by atoms with Crippen molar-refractivity contribution in [3.05, 3.63) is 48.0 Å². The van der Waals surface area contributed by atoms with Crippen LogP contribution in [0, 0.1) is 5.92 Å². The lowest BCUT2D eigenvalue weighted by molar-refractivity contribution is 0.0787. The highest BCUT2D eigenvalue weighted by molar-refractivity contribution is 7.89. The van der Waals surface area contributed by atoms with Crippen molar-refractivity contribution in [2.24, 2.45) is 5.92 Å². The maximum absolute atomic E-state index is 13.1. The summed E-state index contributed by atoms with van der Waals surface area (Å²) >= 11 is 0. The summed E-state index contributed by atoms with van der Waals surface area (Å²) in [6.45, 7) is 3.60. The third kappa shape index (κ3) is 4.68. The molecule has 2 aliphatic heterocycles. The second kappa shape index (κ2) is 9.38. The van der Waals surface area contributed by atoms with Crippen molar-refractivity contribution in [1.29, 1.82) is 0 Å². The average Bonchev–Trinajstić information content (AvgIpc) is 2.82. The minimum atomic E-state index is -3.68. The molecule has 0 spiro atoms. The van der Waals surface area contributed by atoms with Crippen LogP contribution in [-0.2, 0) is 10.0 Å². The third-order valence-corrected chi connectivity index (χ3v) is 7.75. The van der Waals surface area contributed by atoms with E-state index < -0.39 is 15.9 Å². The zero-order valence-electron chi connectivity index (χ0n) is 18.2. The molecule has 0 saturated carbocycles. The van der Waals surface area contributed by atoms with Gasteiger partial charge in [-0.1, -0.05) is 19.1 Å². The van der Waals surface area contributed by atoms with Crippen LogP contribution in [0.1, 0.15) is 30.1 Å². The molecular weight excluding hydrogens is 432 g/mol. The molecule has 2 heterocycles. The first-order chi connectivity index (χ1) is 15.4. The summed E-state index contributed by atoms with van der Waals surface area (Å²) in [5.74, 6) is 1.67. The van der Waals surface area contributed by atoms with Crippen molar-refractivity contribution >= 4 is 15.9 Å². The molecule has 1 N–H and O–H groups in total. The fourth-order valence-corrected chi connectivity index (χ4v) is 5.36. The Bertz CT molecular complexity index is 1080. The zero-order valence-corrected chi connectivity index (χ0v) is 19.1. The Kier molecular flexibility index (Phi) is 6.57. The van der Waals surface area contributed by atoms with Crippen LogP contribution in [-0.4, -0.2) is 58.1 Å². The maximum atomic E-state index is 13.1. The molecule has 2 aromatic carbocycles. The molecule has 9 heteroatoms. The van der Waals surface area contributed by atoms with Gasteiger partial charge in [0, 0.05) is 13.1 Å². The number of ether oxygens (including phenoxy) is 3. The molecule has 4 rings (SSSR count). The summed E-state index contributed by atoms with van der Waals surface area (Å²) in [6.07, 6.45) is 1.30. The number of amides is 1. The van der Waals surface area contributed by atoms with Crippen LogP contribution in [0.2, 0.25) is 0 Å². The lowest BCUT2D eigenvalue weighted by Crippen LogP contribution is -2.41. The van der Waals surface area contributed by atoms with Gasteiger partial charge in [0.2, 0.25) is 10.0 Å². The van der Waals surface area contributed by atoms with Crippen molar-refractivity contribution in [2.75, 3.05) is 33.4 Å². The molecule has 1 saturated heterocycles. The Morgan fingerprint density at radius 2 is 1.88 bits per heavy atom. The number of nitrogens with one attached hydrogen (secondary N) is 1. The number of carbonyl (C=O) groups excluding carboxylic acids is 1. The molecule has 32 heavy (non-hydrogen) atoms. The van der Waals surface area contributed by atoms with Crippen molar-refractivity contribution in [2.45, 2.75) is 30.8 Å². The molecule has 0 unspecified atom stereocenters. The summed E-state index contributed by atoms with van der Waals surface area (Å²) in [7, 11) is -2.24. The van der Waals surface area contributed by atoms with Gasteiger partial charge in [0.25, 0.3) is 5.91 Å². The van der Waals surface area contributed by atoms with Gasteiger partial charge in [-0.05, 0) is 49.1 Å². The number of hydrogen-bond donors (Lipinski definition) is 1. The van der Waals surface area contributed by atoms with E-state index in [4.69, 9.17) is 14.2 Å². The van der Waals surface area contributed by atoms with Crippen LogP contribution in [0.15, 0.2) is 47.4 Å². The second-order valence-electron chi connectivity index (χ2n) is 8.16. The smallest absolute Gasteiger partial charge is 0.255 e. The Balaban J connectivity index is 1.47. The highest BCUT2D eigenvalue weighted by atomic mass is 32.2. The maximum Gasteiger partial charge on any atom is 0.255 e. The minimum absolute atomic E-state index is 0.0872. The molecule has 2 aromatic rings. The van der Waals surface area contributed by atoms with Crippen molar-refractivity contribution in [3.8, 4) is 17.2 Å². The van der Waals surface area contributed by atoms with Crippen LogP contribution >= 0.6 is 0 Å². The molecule has 172 valence electrons. The summed E-state index contributed by atoms with van der Waals surface area (Å²) < 4.78 is 44.5. The number of nitrogens with zero attached hydrogens (tertiary/aromatic N) is 1. The number of carbonyl (C=O) groups is 1. The number of piperidine rings is 1. The predicted molar refractivity (Wildman–Crippen MR) is 119 cm³/mol. The van der Waals surface area contributed by atoms with E-state index in [1.165, 1.54) is 29.6 Å². The summed E-state index contributed by atoms with van der Waals surface area (Å²) in [5.41, 5.74) is 0.163. The number of methoxy groups -OCH3 is 1. The molecular formula is C23H28N2O6S. The van der Waals surface area contributed by atoms with E-state index in [0.717, 1.165) is 12.8 Å². The first-order valence-corrected chi connectivity index (χ1v) is 12.2. The first kappa shape index (κ1) is 22.4. The van der Waals surface area contributed by atoms with Gasteiger partial charge in [-0.25, -0.2) is 8.42 Å². The first-order valence-electron chi connectivity index (χ1n) is 10.7. The lowest BCUT2D eigenvalue weighted by Gasteiger charge is -2.29. The predicted octanol–water partition coefficient (Wildman–Crippen LogP) is 2.69. The van der Waals surface area contributed by atoms with Gasteiger partial charge in [-0.3, -0.25) is 4.79 Å². The normalized spacial score (nSPS) is 19.4. The van der Waals surface area contributed by atoms with Gasteiger partial charge in [-0.15, -0.1) is 0 Å². The third-order valence-electron chi connectivity index (χ3n) is 5.85. The van der Waals surface area contributed by atoms with Crippen LogP contribution < -0.4 is 19.5 Å². The standard InChI is InChI=1S/C23H28N2O6S/c1-16-9-11-25(12-10-16)32(27,28)18-7-8-20(29-2)19(13-18)23(26)24-14-17-15-30-21-5-3-4-6-22(21)31-17/h3-8,13,16-17H,9-12,14-15H2,1-2H3,(H,24,26)/t17-/m1/s1. The highest BCUT2D eigenvalue weighted by Gasteiger charge is 2.29. The van der Waals surface area contributed by atoms with E-state index in [1.54, 1.807) is 0 Å². The number of sulfonamides is 1. The van der Waals surface area contributed by atoms with Crippen LogP contribution in [0.4, 0.5) is 0 Å². The summed E-state index contributed by atoms with van der Waals surface area (Å²) in [6, 6.07) is 11.7. The Morgan fingerprint density at radius 1 is 1.16 bits per heavy atom. The van der Waals surface area contributed by atoms with E-state index in [-0.39, 0.29) is 23.1 Å². The van der Waals surface area contributed by atoms with E-state index >= 15 is 0 Å². The molecule has 8 nitrogen and oxygen atoms in total. The SMILES string of the molecule is COc1ccc(S(=O)(=O)N2CCC(C)CC2)cc1C(=O)NC[C@@H]1COc2ccccc2O1. The Labute approximate surface area is 188 Å². The van der Waals surface area contributed by atoms with E-state index in [9.17, 15) is 13.2 Å². The molecule has 1 atom stereocenters. The topological polar surface area (TPSA) is 94.2 Å².